The molecular formula is C22H23N3. The zero-order valence-corrected chi connectivity index (χ0v) is 15.0. The third-order valence-corrected chi connectivity index (χ3v) is 5.36. The highest BCUT2D eigenvalue weighted by molar-refractivity contribution is 6.05. The Morgan fingerprint density at radius 1 is 0.840 bits per heavy atom. The highest BCUT2D eigenvalue weighted by Crippen LogP contribution is 2.55. The van der Waals surface area contributed by atoms with Crippen molar-refractivity contribution in [2.45, 2.75) is 13.8 Å². The van der Waals surface area contributed by atoms with Crippen LogP contribution in [0, 0.1) is 5.92 Å². The van der Waals surface area contributed by atoms with Crippen molar-refractivity contribution >= 4 is 39.2 Å². The summed E-state index contributed by atoms with van der Waals surface area (Å²) in [5.41, 5.74) is 6.61. The Labute approximate surface area is 149 Å². The first-order valence-electron chi connectivity index (χ1n) is 9.05. The van der Waals surface area contributed by atoms with Crippen molar-refractivity contribution in [2.75, 3.05) is 35.0 Å². The SMILES string of the molecule is CC(C)CN1CN2c3cc4ccccc4cc3N(C)c3cccc1c32. The summed E-state index contributed by atoms with van der Waals surface area (Å²) in [6.07, 6.45) is 0. The second-order valence-corrected chi connectivity index (χ2v) is 7.58. The Morgan fingerprint density at radius 3 is 2.24 bits per heavy atom. The van der Waals surface area contributed by atoms with Gasteiger partial charge in [-0.1, -0.05) is 44.2 Å². The highest BCUT2D eigenvalue weighted by Gasteiger charge is 2.36. The van der Waals surface area contributed by atoms with Crippen molar-refractivity contribution in [2.24, 2.45) is 5.92 Å². The average Bonchev–Trinajstić information content (AvgIpc) is 2.97. The van der Waals surface area contributed by atoms with Gasteiger partial charge in [-0.25, -0.2) is 0 Å². The maximum Gasteiger partial charge on any atom is 0.0954 e. The molecule has 3 nitrogen and oxygen atoms in total. The van der Waals surface area contributed by atoms with Crippen LogP contribution in [-0.2, 0) is 0 Å². The van der Waals surface area contributed by atoms with E-state index in [0.717, 1.165) is 13.2 Å². The van der Waals surface area contributed by atoms with E-state index in [2.05, 4.69) is 90.2 Å². The van der Waals surface area contributed by atoms with Crippen LogP contribution in [0.25, 0.3) is 10.8 Å². The van der Waals surface area contributed by atoms with Crippen molar-refractivity contribution in [3.63, 3.8) is 0 Å². The molecule has 0 spiro atoms. The number of fused-ring (bicyclic) bond motifs is 3. The van der Waals surface area contributed by atoms with E-state index >= 15 is 0 Å². The summed E-state index contributed by atoms with van der Waals surface area (Å²) in [7, 11) is 2.19. The van der Waals surface area contributed by atoms with Gasteiger partial charge in [0, 0.05) is 13.6 Å². The zero-order valence-electron chi connectivity index (χ0n) is 15.0. The minimum absolute atomic E-state index is 0.644. The number of anilines is 5. The molecule has 0 aromatic heterocycles. The number of nitrogens with zero attached hydrogens (tertiary/aromatic N) is 3. The van der Waals surface area contributed by atoms with Gasteiger partial charge in [-0.2, -0.15) is 0 Å². The fourth-order valence-corrected chi connectivity index (χ4v) is 4.26. The van der Waals surface area contributed by atoms with Crippen LogP contribution in [0.4, 0.5) is 28.4 Å². The molecule has 0 fully saturated rings. The first kappa shape index (κ1) is 14.6. The van der Waals surface area contributed by atoms with E-state index in [0.29, 0.717) is 5.92 Å². The molecule has 0 amide bonds. The molecule has 3 heteroatoms. The molecule has 2 aliphatic rings. The van der Waals surface area contributed by atoms with Crippen molar-refractivity contribution < 1.29 is 0 Å². The number of hydrogen-bond acceptors (Lipinski definition) is 3. The summed E-state index contributed by atoms with van der Waals surface area (Å²) in [5, 5.41) is 2.60. The first-order valence-corrected chi connectivity index (χ1v) is 9.05. The van der Waals surface area contributed by atoms with Gasteiger partial charge >= 0.3 is 0 Å². The first-order chi connectivity index (χ1) is 12.1. The molecule has 0 aliphatic carbocycles. The van der Waals surface area contributed by atoms with Gasteiger partial charge in [0.05, 0.1) is 35.1 Å². The van der Waals surface area contributed by atoms with Crippen LogP contribution in [0.15, 0.2) is 54.6 Å². The van der Waals surface area contributed by atoms with E-state index in [1.54, 1.807) is 0 Å². The van der Waals surface area contributed by atoms with E-state index in [1.807, 2.05) is 0 Å². The van der Waals surface area contributed by atoms with E-state index < -0.39 is 0 Å². The van der Waals surface area contributed by atoms with Crippen molar-refractivity contribution in [3.05, 3.63) is 54.6 Å². The quantitative estimate of drug-likeness (QED) is 0.615. The number of rotatable bonds is 2. The Bertz CT molecular complexity index is 976. The van der Waals surface area contributed by atoms with E-state index in [1.165, 1.54) is 39.2 Å². The van der Waals surface area contributed by atoms with Gasteiger partial charge in [0.15, 0.2) is 0 Å². The molecule has 0 bridgehead atoms. The minimum atomic E-state index is 0.644. The molecule has 0 saturated carbocycles. The molecule has 3 aromatic carbocycles. The van der Waals surface area contributed by atoms with Crippen LogP contribution in [0.1, 0.15) is 13.8 Å². The summed E-state index contributed by atoms with van der Waals surface area (Å²) in [5.74, 6) is 0.644. The summed E-state index contributed by atoms with van der Waals surface area (Å²) >= 11 is 0. The number of para-hydroxylation sites is 1. The minimum Gasteiger partial charge on any atom is -0.351 e. The molecule has 0 saturated heterocycles. The fraction of sp³-hybridized carbons (Fsp3) is 0.273. The van der Waals surface area contributed by atoms with Gasteiger partial charge < -0.3 is 14.7 Å². The molecular weight excluding hydrogens is 306 g/mol. The van der Waals surface area contributed by atoms with Gasteiger partial charge in [0.25, 0.3) is 0 Å². The standard InChI is InChI=1S/C22H23N3/c1-15(2)13-24-14-25-21-12-17-8-5-4-7-16(17)11-20(21)23(3)18-9-6-10-19(24)22(18)25/h4-12,15H,13-14H2,1-3H3. The van der Waals surface area contributed by atoms with Crippen LogP contribution < -0.4 is 14.7 Å². The molecule has 126 valence electrons. The smallest absolute Gasteiger partial charge is 0.0954 e. The monoisotopic (exact) mass is 329 g/mol. The molecule has 0 atom stereocenters. The fourth-order valence-electron chi connectivity index (χ4n) is 4.26. The molecule has 0 unspecified atom stereocenters. The maximum atomic E-state index is 2.52. The van der Waals surface area contributed by atoms with Gasteiger partial charge in [-0.05, 0) is 41.0 Å². The Hall–Kier alpha value is -2.68. The highest BCUT2D eigenvalue weighted by atomic mass is 15.4. The third-order valence-electron chi connectivity index (χ3n) is 5.36. The lowest BCUT2D eigenvalue weighted by Crippen LogP contribution is -2.32. The maximum absolute atomic E-state index is 2.52. The Balaban J connectivity index is 1.73. The van der Waals surface area contributed by atoms with Crippen LogP contribution in [0.5, 0.6) is 0 Å². The molecule has 25 heavy (non-hydrogen) atoms. The van der Waals surface area contributed by atoms with Crippen LogP contribution in [0.3, 0.4) is 0 Å². The summed E-state index contributed by atoms with van der Waals surface area (Å²) in [4.78, 5) is 7.35. The predicted octanol–water partition coefficient (Wildman–Crippen LogP) is 5.49. The molecule has 0 radical (unpaired) electrons. The topological polar surface area (TPSA) is 9.72 Å². The Kier molecular flexibility index (Phi) is 3.02. The molecule has 2 heterocycles. The van der Waals surface area contributed by atoms with E-state index in [9.17, 15) is 0 Å². The molecule has 3 aromatic rings. The van der Waals surface area contributed by atoms with Crippen molar-refractivity contribution in [1.29, 1.82) is 0 Å². The van der Waals surface area contributed by atoms with Crippen molar-refractivity contribution in [3.8, 4) is 0 Å². The number of hydrogen-bond donors (Lipinski definition) is 0. The van der Waals surface area contributed by atoms with E-state index in [-0.39, 0.29) is 0 Å². The van der Waals surface area contributed by atoms with Crippen LogP contribution in [-0.4, -0.2) is 20.3 Å². The van der Waals surface area contributed by atoms with Gasteiger partial charge in [0.1, 0.15) is 0 Å². The van der Waals surface area contributed by atoms with Crippen LogP contribution in [0.2, 0.25) is 0 Å². The second-order valence-electron chi connectivity index (χ2n) is 7.58. The lowest BCUT2D eigenvalue weighted by atomic mass is 10.0. The Morgan fingerprint density at radius 2 is 1.52 bits per heavy atom. The summed E-state index contributed by atoms with van der Waals surface area (Å²) < 4.78 is 0. The third kappa shape index (κ3) is 2.05. The van der Waals surface area contributed by atoms with Crippen molar-refractivity contribution in [1.82, 2.24) is 0 Å². The normalized spacial score (nSPS) is 15.1. The lowest BCUT2D eigenvalue weighted by molar-refractivity contribution is 0.622. The second kappa shape index (κ2) is 5.16. The van der Waals surface area contributed by atoms with Crippen LogP contribution >= 0.6 is 0 Å². The number of benzene rings is 3. The molecule has 2 aliphatic heterocycles. The summed E-state index contributed by atoms with van der Waals surface area (Å²) in [6.45, 7) is 6.60. The van der Waals surface area contributed by atoms with Gasteiger partial charge in [-0.15, -0.1) is 0 Å². The molecule has 0 N–H and O–H groups in total. The lowest BCUT2D eigenvalue weighted by Gasteiger charge is -2.35. The molecule has 5 rings (SSSR count). The summed E-state index contributed by atoms with van der Waals surface area (Å²) in [6, 6.07) is 20.0. The van der Waals surface area contributed by atoms with Gasteiger partial charge in [0.2, 0.25) is 0 Å². The largest absolute Gasteiger partial charge is 0.351 e. The van der Waals surface area contributed by atoms with Gasteiger partial charge in [-0.3, -0.25) is 0 Å². The zero-order chi connectivity index (χ0) is 17.1. The average molecular weight is 329 g/mol. The van der Waals surface area contributed by atoms with E-state index in [4.69, 9.17) is 0 Å². The predicted molar refractivity (Wildman–Crippen MR) is 108 cm³/mol.